The fourth-order valence-corrected chi connectivity index (χ4v) is 2.45. The van der Waals surface area contributed by atoms with Gasteiger partial charge in [0.05, 0.1) is 6.10 Å². The second-order valence-electron chi connectivity index (χ2n) is 3.95. The molecule has 0 spiro atoms. The Morgan fingerprint density at radius 2 is 2.09 bits per heavy atom. The molecule has 2 aliphatic carbocycles. The van der Waals surface area contributed by atoms with E-state index < -0.39 is 0 Å². The first-order valence-corrected chi connectivity index (χ1v) is 4.45. The summed E-state index contributed by atoms with van der Waals surface area (Å²) in [5, 5.41) is 9.49. The highest BCUT2D eigenvalue weighted by molar-refractivity contribution is 5.79. The van der Waals surface area contributed by atoms with E-state index >= 15 is 0 Å². The minimum absolute atomic E-state index is 0.185. The highest BCUT2D eigenvalue weighted by atomic mass is 16.3. The van der Waals surface area contributed by atoms with E-state index in [1.54, 1.807) is 0 Å². The average Bonchev–Trinajstić information content (AvgIpc) is 1.97. The second-order valence-corrected chi connectivity index (χ2v) is 3.95. The number of Topliss-reactive ketones (excluding diaryl/α,β-unsaturated/α-hetero) is 1. The molecule has 2 heteroatoms. The molecular weight excluding hydrogens is 140 g/mol. The van der Waals surface area contributed by atoms with Crippen LogP contribution in [0.4, 0.5) is 0 Å². The van der Waals surface area contributed by atoms with Crippen molar-refractivity contribution in [2.75, 3.05) is 0 Å². The maximum atomic E-state index is 11.1. The predicted molar refractivity (Wildman–Crippen MR) is 41.1 cm³/mol. The molecule has 0 radical (unpaired) electrons. The largest absolute Gasteiger partial charge is 0.393 e. The Hall–Kier alpha value is -0.370. The van der Waals surface area contributed by atoms with Crippen LogP contribution in [0, 0.1) is 11.8 Å². The van der Waals surface area contributed by atoms with Gasteiger partial charge in [0.25, 0.3) is 0 Å². The third-order valence-corrected chi connectivity index (χ3v) is 3.06. The van der Waals surface area contributed by atoms with Crippen LogP contribution < -0.4 is 0 Å². The van der Waals surface area contributed by atoms with Gasteiger partial charge in [-0.05, 0) is 31.1 Å². The van der Waals surface area contributed by atoms with Crippen molar-refractivity contribution in [3.05, 3.63) is 0 Å². The zero-order valence-electron chi connectivity index (χ0n) is 6.62. The monoisotopic (exact) mass is 154 g/mol. The maximum absolute atomic E-state index is 11.1. The zero-order chi connectivity index (χ0) is 7.84. The molecule has 0 aliphatic heterocycles. The fraction of sp³-hybridized carbons (Fsp3) is 0.889. The molecule has 3 unspecified atom stereocenters. The number of ketones is 1. The normalized spacial score (nSPS) is 44.1. The Balaban J connectivity index is 2.08. The number of carbonyl (C=O) groups excluding carboxylic acids is 1. The summed E-state index contributed by atoms with van der Waals surface area (Å²) in [6.07, 6.45) is 4.30. The number of carbonyl (C=O) groups is 1. The van der Waals surface area contributed by atoms with Crippen LogP contribution in [-0.2, 0) is 4.79 Å². The summed E-state index contributed by atoms with van der Waals surface area (Å²) in [6, 6.07) is 0. The van der Waals surface area contributed by atoms with Crippen molar-refractivity contribution in [2.45, 2.75) is 38.2 Å². The molecule has 2 fully saturated rings. The molecule has 0 saturated heterocycles. The van der Waals surface area contributed by atoms with Gasteiger partial charge >= 0.3 is 0 Å². The molecular formula is C9H14O2. The Morgan fingerprint density at radius 3 is 2.91 bits per heavy atom. The zero-order valence-corrected chi connectivity index (χ0v) is 6.62. The van der Waals surface area contributed by atoms with Crippen LogP contribution in [0.25, 0.3) is 0 Å². The van der Waals surface area contributed by atoms with Crippen molar-refractivity contribution in [3.8, 4) is 0 Å². The minimum atomic E-state index is -0.185. The Morgan fingerprint density at radius 1 is 1.27 bits per heavy atom. The average molecular weight is 154 g/mol. The van der Waals surface area contributed by atoms with Crippen LogP contribution in [0.5, 0.6) is 0 Å². The summed E-state index contributed by atoms with van der Waals surface area (Å²) in [4.78, 5) is 11.1. The van der Waals surface area contributed by atoms with Crippen molar-refractivity contribution < 1.29 is 9.90 Å². The van der Waals surface area contributed by atoms with Crippen LogP contribution >= 0.6 is 0 Å². The molecule has 2 saturated carbocycles. The van der Waals surface area contributed by atoms with Crippen molar-refractivity contribution >= 4 is 5.78 Å². The summed E-state index contributed by atoms with van der Waals surface area (Å²) in [5.41, 5.74) is 0. The lowest BCUT2D eigenvalue weighted by atomic mass is 9.70. The molecule has 2 nitrogen and oxygen atoms in total. The summed E-state index contributed by atoms with van der Waals surface area (Å²) in [7, 11) is 0. The lowest BCUT2D eigenvalue weighted by Crippen LogP contribution is -2.35. The highest BCUT2D eigenvalue weighted by Crippen LogP contribution is 2.38. The van der Waals surface area contributed by atoms with Crippen molar-refractivity contribution in [3.63, 3.8) is 0 Å². The van der Waals surface area contributed by atoms with Gasteiger partial charge in [0, 0.05) is 12.8 Å². The number of rotatable bonds is 0. The molecule has 11 heavy (non-hydrogen) atoms. The molecule has 3 atom stereocenters. The van der Waals surface area contributed by atoms with Crippen molar-refractivity contribution in [2.24, 2.45) is 11.8 Å². The lowest BCUT2D eigenvalue weighted by Gasteiger charge is -2.36. The first-order chi connectivity index (χ1) is 5.25. The van der Waals surface area contributed by atoms with Gasteiger partial charge in [0.15, 0.2) is 0 Å². The molecule has 0 aromatic rings. The molecule has 2 bridgehead atoms. The number of hydrogen-bond acceptors (Lipinski definition) is 2. The first-order valence-electron chi connectivity index (χ1n) is 4.45. The van der Waals surface area contributed by atoms with E-state index in [1.165, 1.54) is 0 Å². The number of aliphatic hydroxyl groups is 1. The van der Waals surface area contributed by atoms with Crippen molar-refractivity contribution in [1.29, 1.82) is 0 Å². The maximum Gasteiger partial charge on any atom is 0.133 e. The van der Waals surface area contributed by atoms with Crippen LogP contribution in [0.2, 0.25) is 0 Å². The van der Waals surface area contributed by atoms with E-state index in [9.17, 15) is 9.90 Å². The van der Waals surface area contributed by atoms with Crippen LogP contribution in [-0.4, -0.2) is 17.0 Å². The highest BCUT2D eigenvalue weighted by Gasteiger charge is 2.35. The van der Waals surface area contributed by atoms with E-state index in [1.807, 2.05) is 0 Å². The third kappa shape index (κ3) is 1.32. The third-order valence-electron chi connectivity index (χ3n) is 3.06. The molecule has 2 rings (SSSR count). The molecule has 1 N–H and O–H groups in total. The van der Waals surface area contributed by atoms with Gasteiger partial charge in [-0.3, -0.25) is 4.79 Å². The molecule has 0 aromatic carbocycles. The Labute approximate surface area is 66.6 Å². The fourth-order valence-electron chi connectivity index (χ4n) is 2.45. The summed E-state index contributed by atoms with van der Waals surface area (Å²) in [6.45, 7) is 0. The van der Waals surface area contributed by atoms with Gasteiger partial charge in [-0.25, -0.2) is 0 Å². The Kier molecular flexibility index (Phi) is 1.72. The number of hydrogen-bond donors (Lipinski definition) is 1. The summed E-state index contributed by atoms with van der Waals surface area (Å²) in [5.74, 6) is 1.27. The van der Waals surface area contributed by atoms with E-state index in [0.717, 1.165) is 25.7 Å². The van der Waals surface area contributed by atoms with E-state index in [0.29, 0.717) is 24.0 Å². The molecule has 2 aliphatic rings. The smallest absolute Gasteiger partial charge is 0.133 e. The van der Waals surface area contributed by atoms with Crippen LogP contribution in [0.3, 0.4) is 0 Å². The molecule has 0 amide bonds. The minimum Gasteiger partial charge on any atom is -0.393 e. The van der Waals surface area contributed by atoms with Crippen LogP contribution in [0.1, 0.15) is 32.1 Å². The van der Waals surface area contributed by atoms with Gasteiger partial charge in [0.1, 0.15) is 5.78 Å². The second kappa shape index (κ2) is 2.59. The van der Waals surface area contributed by atoms with Gasteiger partial charge < -0.3 is 5.11 Å². The standard InChI is InChI=1S/C9H14O2/c10-8-4-6-1-2-9(11)7(3-6)5-8/h6-7,9,11H,1-5H2. The SMILES string of the molecule is O=C1CC2CCC(O)C(C1)C2. The van der Waals surface area contributed by atoms with Crippen LogP contribution in [0.15, 0.2) is 0 Å². The summed E-state index contributed by atoms with van der Waals surface area (Å²) < 4.78 is 0. The van der Waals surface area contributed by atoms with Gasteiger partial charge in [0.2, 0.25) is 0 Å². The Bertz CT molecular complexity index is 176. The van der Waals surface area contributed by atoms with E-state index in [2.05, 4.69) is 0 Å². The van der Waals surface area contributed by atoms with Gasteiger partial charge in [-0.1, -0.05) is 0 Å². The van der Waals surface area contributed by atoms with E-state index in [-0.39, 0.29) is 6.10 Å². The topological polar surface area (TPSA) is 37.3 Å². The first kappa shape index (κ1) is 7.29. The quantitative estimate of drug-likeness (QED) is 0.568. The number of fused-ring (bicyclic) bond motifs is 2. The van der Waals surface area contributed by atoms with Crippen molar-refractivity contribution in [1.82, 2.24) is 0 Å². The van der Waals surface area contributed by atoms with E-state index in [4.69, 9.17) is 0 Å². The lowest BCUT2D eigenvalue weighted by molar-refractivity contribution is -0.126. The molecule has 0 heterocycles. The summed E-state index contributed by atoms with van der Waals surface area (Å²) >= 11 is 0. The number of aliphatic hydroxyl groups excluding tert-OH is 1. The van der Waals surface area contributed by atoms with Gasteiger partial charge in [-0.15, -0.1) is 0 Å². The molecule has 62 valence electrons. The molecule has 0 aromatic heterocycles. The van der Waals surface area contributed by atoms with Gasteiger partial charge in [-0.2, -0.15) is 0 Å². The predicted octanol–water partition coefficient (Wildman–Crippen LogP) is 1.13.